The Morgan fingerprint density at radius 2 is 2.06 bits per heavy atom. The predicted molar refractivity (Wildman–Crippen MR) is 127 cm³/mol. The molecular weight excluding hydrogens is 416 g/mol. The standard InChI is InChI=1S/C25H26N6O2/c1-18-9-10-22(27-14-18)30-23(32)11-13-28-25(17-33-25)24-29-20-8-5-12-26-15-21(20)31(24)16-19-6-3-2-4-7-19/h2-10,14-15,28H,11-13,16-17H2,1H3,(H,27,30,32). The van der Waals surface area contributed by atoms with Gasteiger partial charge in [-0.1, -0.05) is 42.5 Å². The van der Waals surface area contributed by atoms with Crippen molar-refractivity contribution in [3.05, 3.63) is 83.1 Å². The van der Waals surface area contributed by atoms with Crippen LogP contribution in [0.2, 0.25) is 0 Å². The fraction of sp³-hybridized carbons (Fsp3) is 0.280. The van der Waals surface area contributed by atoms with E-state index in [0.29, 0.717) is 38.5 Å². The summed E-state index contributed by atoms with van der Waals surface area (Å²) in [5, 5.41) is 6.24. The van der Waals surface area contributed by atoms with Crippen LogP contribution in [0.25, 0.3) is 6.08 Å². The number of nitrogens with zero attached hydrogens (tertiary/aromatic N) is 4. The molecular formula is C25H26N6O2. The van der Waals surface area contributed by atoms with Crippen LogP contribution in [0.5, 0.6) is 0 Å². The van der Waals surface area contributed by atoms with E-state index in [9.17, 15) is 4.79 Å². The van der Waals surface area contributed by atoms with Gasteiger partial charge in [0.1, 0.15) is 5.82 Å². The van der Waals surface area contributed by atoms with E-state index in [-0.39, 0.29) is 5.91 Å². The number of imidazole rings is 1. The molecule has 4 heterocycles. The number of carbonyl (C=O) groups is 1. The molecule has 0 saturated carbocycles. The van der Waals surface area contributed by atoms with Gasteiger partial charge >= 0.3 is 0 Å². The Labute approximate surface area is 192 Å². The van der Waals surface area contributed by atoms with E-state index in [2.05, 4.69) is 37.3 Å². The second-order valence-corrected chi connectivity index (χ2v) is 8.24. The number of hydrogen-bond acceptors (Lipinski definition) is 6. The van der Waals surface area contributed by atoms with Crippen LogP contribution in [-0.4, -0.2) is 46.4 Å². The lowest BCUT2D eigenvalue weighted by Crippen LogP contribution is -2.36. The Hall–Kier alpha value is -3.62. The Morgan fingerprint density at radius 3 is 2.82 bits per heavy atom. The molecule has 5 rings (SSSR count). The normalized spacial score (nSPS) is 18.6. The summed E-state index contributed by atoms with van der Waals surface area (Å²) in [5.41, 5.74) is 3.35. The van der Waals surface area contributed by atoms with E-state index in [1.807, 2.05) is 49.6 Å². The van der Waals surface area contributed by atoms with E-state index in [4.69, 9.17) is 9.72 Å². The van der Waals surface area contributed by atoms with Gasteiger partial charge in [-0.2, -0.15) is 0 Å². The molecule has 2 aliphatic heterocycles. The summed E-state index contributed by atoms with van der Waals surface area (Å²) in [5.74, 6) is 1.25. The maximum atomic E-state index is 12.4. The first-order chi connectivity index (χ1) is 16.1. The van der Waals surface area contributed by atoms with Crippen LogP contribution in [0.3, 0.4) is 0 Å². The fourth-order valence-corrected chi connectivity index (χ4v) is 3.85. The third-order valence-electron chi connectivity index (χ3n) is 5.65. The number of benzene rings is 1. The van der Waals surface area contributed by atoms with Crippen molar-refractivity contribution in [2.24, 2.45) is 4.99 Å². The number of epoxide rings is 1. The number of fused-ring (bicyclic) bond motifs is 1. The van der Waals surface area contributed by atoms with Gasteiger partial charge in [0.15, 0.2) is 5.82 Å². The molecule has 1 saturated heterocycles. The molecule has 1 atom stereocenters. The summed E-state index contributed by atoms with van der Waals surface area (Å²) in [6.45, 7) is 4.21. The Bertz CT molecular complexity index is 1190. The summed E-state index contributed by atoms with van der Waals surface area (Å²) in [7, 11) is 0. The second-order valence-electron chi connectivity index (χ2n) is 8.24. The first kappa shape index (κ1) is 21.2. The zero-order valence-corrected chi connectivity index (χ0v) is 18.5. The van der Waals surface area contributed by atoms with Gasteiger partial charge in [0, 0.05) is 31.9 Å². The SMILES string of the molecule is Cc1ccc(NC(=O)CCNC2(c3nc4c(n3Cc3ccccc3)C=NCC=C4)CO2)nc1. The van der Waals surface area contributed by atoms with Crippen molar-refractivity contribution >= 4 is 24.0 Å². The zero-order chi connectivity index (χ0) is 22.7. The van der Waals surface area contributed by atoms with Gasteiger partial charge in [-0.3, -0.25) is 15.1 Å². The first-order valence-electron chi connectivity index (χ1n) is 11.1. The molecule has 33 heavy (non-hydrogen) atoms. The van der Waals surface area contributed by atoms with Crippen molar-refractivity contribution in [2.45, 2.75) is 25.6 Å². The molecule has 1 amide bonds. The lowest BCUT2D eigenvalue weighted by molar-refractivity contribution is -0.116. The van der Waals surface area contributed by atoms with Crippen molar-refractivity contribution < 1.29 is 9.53 Å². The number of nitrogens with one attached hydrogen (secondary N) is 2. The number of ether oxygens (including phenoxy) is 1. The Morgan fingerprint density at radius 1 is 1.21 bits per heavy atom. The van der Waals surface area contributed by atoms with E-state index in [1.54, 1.807) is 12.3 Å². The molecule has 0 spiro atoms. The number of rotatable bonds is 8. The molecule has 0 aliphatic carbocycles. The van der Waals surface area contributed by atoms with Gasteiger partial charge in [0.05, 0.1) is 24.5 Å². The maximum absolute atomic E-state index is 12.4. The molecule has 8 nitrogen and oxygen atoms in total. The maximum Gasteiger partial charge on any atom is 0.226 e. The van der Waals surface area contributed by atoms with E-state index < -0.39 is 5.72 Å². The number of aryl methyl sites for hydroxylation is 1. The van der Waals surface area contributed by atoms with Gasteiger partial charge < -0.3 is 14.6 Å². The van der Waals surface area contributed by atoms with Crippen LogP contribution in [-0.2, 0) is 21.8 Å². The summed E-state index contributed by atoms with van der Waals surface area (Å²) in [6, 6.07) is 14.0. The average Bonchev–Trinajstić information content (AvgIpc) is 3.57. The van der Waals surface area contributed by atoms with Gasteiger partial charge in [0.25, 0.3) is 0 Å². The van der Waals surface area contributed by atoms with Crippen molar-refractivity contribution in [3.8, 4) is 0 Å². The Kier molecular flexibility index (Phi) is 5.85. The minimum atomic E-state index is -0.703. The third kappa shape index (κ3) is 4.76. The average molecular weight is 443 g/mol. The first-order valence-corrected chi connectivity index (χ1v) is 11.1. The van der Waals surface area contributed by atoms with E-state index >= 15 is 0 Å². The Balaban J connectivity index is 1.31. The molecule has 168 valence electrons. The highest BCUT2D eigenvalue weighted by Crippen LogP contribution is 2.37. The van der Waals surface area contributed by atoms with Gasteiger partial charge in [0.2, 0.25) is 11.6 Å². The molecule has 2 aromatic heterocycles. The van der Waals surface area contributed by atoms with Crippen LogP contribution in [0.1, 0.15) is 34.8 Å². The van der Waals surface area contributed by atoms with Crippen molar-refractivity contribution in [1.82, 2.24) is 19.9 Å². The zero-order valence-electron chi connectivity index (χ0n) is 18.5. The quantitative estimate of drug-likeness (QED) is 0.523. The van der Waals surface area contributed by atoms with Crippen LogP contribution >= 0.6 is 0 Å². The monoisotopic (exact) mass is 442 g/mol. The summed E-state index contributed by atoms with van der Waals surface area (Å²) in [4.78, 5) is 26.0. The number of hydrogen-bond donors (Lipinski definition) is 2. The minimum Gasteiger partial charge on any atom is -0.346 e. The number of aromatic nitrogens is 3. The summed E-state index contributed by atoms with van der Waals surface area (Å²) < 4.78 is 8.03. The molecule has 3 aromatic rings. The molecule has 1 aromatic carbocycles. The smallest absolute Gasteiger partial charge is 0.226 e. The van der Waals surface area contributed by atoms with Gasteiger partial charge in [-0.15, -0.1) is 0 Å². The van der Waals surface area contributed by atoms with Crippen LogP contribution in [0.15, 0.2) is 59.7 Å². The highest BCUT2D eigenvalue weighted by atomic mass is 16.6. The molecule has 2 aliphatic rings. The third-order valence-corrected chi connectivity index (χ3v) is 5.65. The van der Waals surface area contributed by atoms with Crippen LogP contribution in [0, 0.1) is 6.92 Å². The fourth-order valence-electron chi connectivity index (χ4n) is 3.85. The van der Waals surface area contributed by atoms with Crippen molar-refractivity contribution in [1.29, 1.82) is 0 Å². The second kappa shape index (κ2) is 9.09. The topological polar surface area (TPSA) is 96.7 Å². The van der Waals surface area contributed by atoms with E-state index in [1.165, 1.54) is 5.56 Å². The lowest BCUT2D eigenvalue weighted by Gasteiger charge is -2.17. The van der Waals surface area contributed by atoms with Crippen LogP contribution < -0.4 is 10.6 Å². The number of amides is 1. The predicted octanol–water partition coefficient (Wildman–Crippen LogP) is 2.88. The molecule has 1 unspecified atom stereocenters. The van der Waals surface area contributed by atoms with Crippen LogP contribution in [0.4, 0.5) is 5.82 Å². The molecule has 0 bridgehead atoms. The molecule has 1 fully saturated rings. The summed E-state index contributed by atoms with van der Waals surface area (Å²) in [6.07, 6.45) is 7.91. The number of pyridine rings is 1. The van der Waals surface area contributed by atoms with Gasteiger partial charge in [-0.25, -0.2) is 9.97 Å². The number of carbonyl (C=O) groups excluding carboxylic acids is 1. The summed E-state index contributed by atoms with van der Waals surface area (Å²) >= 11 is 0. The van der Waals surface area contributed by atoms with Gasteiger partial charge in [-0.05, 0) is 30.2 Å². The number of aliphatic imine (C=N–C) groups is 1. The highest BCUT2D eigenvalue weighted by Gasteiger charge is 2.50. The minimum absolute atomic E-state index is 0.104. The van der Waals surface area contributed by atoms with E-state index in [0.717, 1.165) is 22.8 Å². The van der Waals surface area contributed by atoms with Crippen molar-refractivity contribution in [3.63, 3.8) is 0 Å². The lowest BCUT2D eigenvalue weighted by atomic mass is 10.2. The molecule has 8 heteroatoms. The number of anilines is 1. The molecule has 2 N–H and O–H groups in total. The highest BCUT2D eigenvalue weighted by molar-refractivity contribution is 5.89. The van der Waals surface area contributed by atoms with Crippen molar-refractivity contribution in [2.75, 3.05) is 25.0 Å². The molecule has 0 radical (unpaired) electrons. The largest absolute Gasteiger partial charge is 0.346 e.